The van der Waals surface area contributed by atoms with Crippen LogP contribution in [0.15, 0.2) is 24.4 Å². The quantitative estimate of drug-likeness (QED) is 0.850. The summed E-state index contributed by atoms with van der Waals surface area (Å²) in [7, 11) is 0. The van der Waals surface area contributed by atoms with Crippen LogP contribution in [0.2, 0.25) is 0 Å². The Bertz CT molecular complexity index is 415. The second-order valence-electron chi connectivity index (χ2n) is 5.39. The van der Waals surface area contributed by atoms with Gasteiger partial charge in [0.25, 0.3) is 0 Å². The van der Waals surface area contributed by atoms with Crippen LogP contribution >= 0.6 is 0 Å². The lowest BCUT2D eigenvalue weighted by Crippen LogP contribution is -2.45. The number of hydrogen-bond donors (Lipinski definition) is 2. The molecule has 1 unspecified atom stereocenters. The van der Waals surface area contributed by atoms with Crippen LogP contribution in [-0.2, 0) is 4.79 Å². The lowest BCUT2D eigenvalue weighted by atomic mass is 10.0. The van der Waals surface area contributed by atoms with Crippen molar-refractivity contribution in [2.24, 2.45) is 5.73 Å². The molecule has 5 heteroatoms. The lowest BCUT2D eigenvalue weighted by Gasteiger charge is -2.33. The number of aromatic nitrogens is 1. The van der Waals surface area contributed by atoms with E-state index in [1.165, 1.54) is 0 Å². The van der Waals surface area contributed by atoms with Crippen LogP contribution in [-0.4, -0.2) is 36.1 Å². The van der Waals surface area contributed by atoms with E-state index in [4.69, 9.17) is 5.73 Å². The average molecular weight is 276 g/mol. The largest absolute Gasteiger partial charge is 0.356 e. The van der Waals surface area contributed by atoms with Crippen molar-refractivity contribution in [2.45, 2.75) is 44.7 Å². The third-order valence-corrected chi connectivity index (χ3v) is 3.81. The minimum atomic E-state index is -0.0244. The highest BCUT2D eigenvalue weighted by Gasteiger charge is 2.21. The van der Waals surface area contributed by atoms with E-state index in [-0.39, 0.29) is 18.0 Å². The van der Waals surface area contributed by atoms with Crippen LogP contribution in [0.5, 0.6) is 0 Å². The first kappa shape index (κ1) is 14.8. The van der Waals surface area contributed by atoms with E-state index in [0.717, 1.165) is 38.2 Å². The van der Waals surface area contributed by atoms with E-state index in [1.807, 2.05) is 31.3 Å². The molecule has 1 aromatic rings. The number of pyridine rings is 1. The van der Waals surface area contributed by atoms with Gasteiger partial charge in [0.15, 0.2) is 0 Å². The summed E-state index contributed by atoms with van der Waals surface area (Å²) < 4.78 is 0. The van der Waals surface area contributed by atoms with Crippen molar-refractivity contribution >= 4 is 11.7 Å². The topological polar surface area (TPSA) is 71.2 Å². The summed E-state index contributed by atoms with van der Waals surface area (Å²) in [5.41, 5.74) is 5.80. The van der Waals surface area contributed by atoms with Crippen LogP contribution in [0, 0.1) is 0 Å². The Morgan fingerprint density at radius 1 is 1.50 bits per heavy atom. The highest BCUT2D eigenvalue weighted by atomic mass is 16.1. The zero-order chi connectivity index (χ0) is 14.4. The summed E-state index contributed by atoms with van der Waals surface area (Å²) in [4.78, 5) is 18.4. The fourth-order valence-corrected chi connectivity index (χ4v) is 2.46. The van der Waals surface area contributed by atoms with Gasteiger partial charge in [0.2, 0.25) is 5.91 Å². The predicted octanol–water partition coefficient (Wildman–Crippen LogP) is 1.29. The molecule has 0 aromatic carbocycles. The van der Waals surface area contributed by atoms with Crippen molar-refractivity contribution in [1.82, 2.24) is 10.3 Å². The SMILES string of the molecule is CCC(N)CC(=O)NC1CCN(c2ccccn2)CC1. The molecule has 0 spiro atoms. The summed E-state index contributed by atoms with van der Waals surface area (Å²) >= 11 is 0. The normalized spacial score (nSPS) is 17.8. The monoisotopic (exact) mass is 276 g/mol. The Morgan fingerprint density at radius 2 is 2.25 bits per heavy atom. The molecule has 1 fully saturated rings. The number of nitrogens with two attached hydrogens (primary N) is 1. The lowest BCUT2D eigenvalue weighted by molar-refractivity contribution is -0.122. The third kappa shape index (κ3) is 4.20. The Balaban J connectivity index is 1.76. The van der Waals surface area contributed by atoms with Gasteiger partial charge < -0.3 is 16.0 Å². The molecule has 3 N–H and O–H groups in total. The molecular formula is C15H24N4O. The third-order valence-electron chi connectivity index (χ3n) is 3.81. The molecule has 1 aliphatic heterocycles. The predicted molar refractivity (Wildman–Crippen MR) is 80.5 cm³/mol. The molecule has 20 heavy (non-hydrogen) atoms. The van der Waals surface area contributed by atoms with Gasteiger partial charge in [-0.1, -0.05) is 13.0 Å². The first-order valence-electron chi connectivity index (χ1n) is 7.40. The second kappa shape index (κ2) is 7.24. The molecule has 0 aliphatic carbocycles. The fraction of sp³-hybridized carbons (Fsp3) is 0.600. The number of hydrogen-bond acceptors (Lipinski definition) is 4. The van der Waals surface area contributed by atoms with Crippen molar-refractivity contribution in [2.75, 3.05) is 18.0 Å². The number of piperidine rings is 1. The van der Waals surface area contributed by atoms with Crippen LogP contribution in [0.25, 0.3) is 0 Å². The number of rotatable bonds is 5. The van der Waals surface area contributed by atoms with Gasteiger partial charge in [-0.2, -0.15) is 0 Å². The van der Waals surface area contributed by atoms with Gasteiger partial charge in [-0.05, 0) is 31.4 Å². The highest BCUT2D eigenvalue weighted by molar-refractivity contribution is 5.76. The van der Waals surface area contributed by atoms with Gasteiger partial charge in [0.1, 0.15) is 5.82 Å². The molecule has 1 amide bonds. The summed E-state index contributed by atoms with van der Waals surface area (Å²) in [6.07, 6.45) is 5.01. The second-order valence-corrected chi connectivity index (χ2v) is 5.39. The van der Waals surface area contributed by atoms with E-state index in [9.17, 15) is 4.79 Å². The summed E-state index contributed by atoms with van der Waals surface area (Å²) in [6.45, 7) is 3.87. The van der Waals surface area contributed by atoms with Crippen LogP contribution < -0.4 is 16.0 Å². The van der Waals surface area contributed by atoms with Crippen molar-refractivity contribution in [3.63, 3.8) is 0 Å². The smallest absolute Gasteiger partial charge is 0.221 e. The number of carbonyl (C=O) groups excluding carboxylic acids is 1. The zero-order valence-corrected chi connectivity index (χ0v) is 12.1. The molecular weight excluding hydrogens is 252 g/mol. The summed E-state index contributed by atoms with van der Waals surface area (Å²) in [5.74, 6) is 1.10. The average Bonchev–Trinajstić information content (AvgIpc) is 2.48. The van der Waals surface area contributed by atoms with Gasteiger partial charge in [-0.3, -0.25) is 4.79 Å². The number of amides is 1. The van der Waals surface area contributed by atoms with Crippen molar-refractivity contribution in [3.8, 4) is 0 Å². The molecule has 2 heterocycles. The van der Waals surface area contributed by atoms with Crippen LogP contribution in [0.1, 0.15) is 32.6 Å². The van der Waals surface area contributed by atoms with E-state index in [0.29, 0.717) is 6.42 Å². The minimum Gasteiger partial charge on any atom is -0.356 e. The van der Waals surface area contributed by atoms with Gasteiger partial charge >= 0.3 is 0 Å². The Morgan fingerprint density at radius 3 is 2.85 bits per heavy atom. The first-order chi connectivity index (χ1) is 9.69. The fourth-order valence-electron chi connectivity index (χ4n) is 2.46. The van der Waals surface area contributed by atoms with E-state index < -0.39 is 0 Å². The molecule has 1 atom stereocenters. The zero-order valence-electron chi connectivity index (χ0n) is 12.1. The standard InChI is InChI=1S/C15H24N4O/c1-2-12(16)11-15(20)18-13-6-9-19(10-7-13)14-5-3-4-8-17-14/h3-5,8,12-13H,2,6-7,9-11,16H2,1H3,(H,18,20). The molecule has 1 saturated heterocycles. The molecule has 2 rings (SSSR count). The number of anilines is 1. The van der Waals surface area contributed by atoms with Crippen LogP contribution in [0.4, 0.5) is 5.82 Å². The Hall–Kier alpha value is -1.62. The molecule has 1 aliphatic rings. The van der Waals surface area contributed by atoms with Crippen LogP contribution in [0.3, 0.4) is 0 Å². The molecule has 0 bridgehead atoms. The molecule has 1 aromatic heterocycles. The van der Waals surface area contributed by atoms with Crippen molar-refractivity contribution < 1.29 is 4.79 Å². The minimum absolute atomic E-state index is 0.0244. The van der Waals surface area contributed by atoms with E-state index in [1.54, 1.807) is 0 Å². The Labute approximate surface area is 120 Å². The maximum Gasteiger partial charge on any atom is 0.221 e. The molecule has 0 saturated carbocycles. The van der Waals surface area contributed by atoms with Gasteiger partial charge in [0.05, 0.1) is 0 Å². The van der Waals surface area contributed by atoms with Gasteiger partial charge in [0, 0.05) is 37.8 Å². The van der Waals surface area contributed by atoms with Crippen molar-refractivity contribution in [1.29, 1.82) is 0 Å². The maximum atomic E-state index is 11.8. The van der Waals surface area contributed by atoms with E-state index in [2.05, 4.69) is 15.2 Å². The van der Waals surface area contributed by atoms with Gasteiger partial charge in [-0.25, -0.2) is 4.98 Å². The number of nitrogens with one attached hydrogen (secondary N) is 1. The molecule has 0 radical (unpaired) electrons. The maximum absolute atomic E-state index is 11.8. The first-order valence-corrected chi connectivity index (χ1v) is 7.40. The molecule has 110 valence electrons. The highest BCUT2D eigenvalue weighted by Crippen LogP contribution is 2.17. The Kier molecular flexibility index (Phi) is 5.35. The number of nitrogens with zero attached hydrogens (tertiary/aromatic N) is 2. The van der Waals surface area contributed by atoms with Crippen molar-refractivity contribution in [3.05, 3.63) is 24.4 Å². The summed E-state index contributed by atoms with van der Waals surface area (Å²) in [6, 6.07) is 6.20. The number of carbonyl (C=O) groups is 1. The molecule has 5 nitrogen and oxygen atoms in total. The summed E-state index contributed by atoms with van der Waals surface area (Å²) in [5, 5.41) is 3.09. The van der Waals surface area contributed by atoms with Gasteiger partial charge in [-0.15, -0.1) is 0 Å². The van der Waals surface area contributed by atoms with E-state index >= 15 is 0 Å².